The predicted octanol–water partition coefficient (Wildman–Crippen LogP) is 14.4. The number of ether oxygens (including phenoxy) is 2. The summed E-state index contributed by atoms with van der Waals surface area (Å²) in [4.78, 5) is 10.1. The Balaban J connectivity index is 1.04. The van der Waals surface area contributed by atoms with E-state index in [2.05, 4.69) is 48.5 Å². The maximum Gasteiger partial charge on any atom is 0.170 e. The van der Waals surface area contributed by atoms with Gasteiger partial charge in [-0.3, -0.25) is 0 Å². The summed E-state index contributed by atoms with van der Waals surface area (Å²) in [5, 5.41) is 23.6. The van der Waals surface area contributed by atoms with Gasteiger partial charge in [0.2, 0.25) is 0 Å². The zero-order chi connectivity index (χ0) is 41.6. The van der Waals surface area contributed by atoms with Gasteiger partial charge in [-0.2, -0.15) is 10.5 Å². The molecule has 1 aliphatic rings. The fourth-order valence-electron chi connectivity index (χ4n) is 8.42. The molecule has 1 aliphatic heterocycles. The molecule has 2 heterocycles. The Hall–Kier alpha value is -8.84. The van der Waals surface area contributed by atoms with Gasteiger partial charge in [-0.05, 0) is 92.7 Å². The largest absolute Gasteiger partial charge is 0.449 e. The Morgan fingerprint density at radius 2 is 0.758 bits per heavy atom. The normalized spacial score (nSPS) is 11.5. The lowest BCUT2D eigenvalue weighted by Gasteiger charge is -2.24. The molecule has 0 fully saturated rings. The third kappa shape index (κ3) is 6.37. The first-order valence-corrected chi connectivity index (χ1v) is 20.2. The molecular weight excluding hydrogens is 761 g/mol. The molecule has 0 aliphatic carbocycles. The molecule has 9 aromatic carbocycles. The van der Waals surface area contributed by atoms with Gasteiger partial charge in [0.1, 0.15) is 0 Å². The highest BCUT2D eigenvalue weighted by Crippen LogP contribution is 2.52. The molecule has 0 unspecified atom stereocenters. The van der Waals surface area contributed by atoms with Crippen LogP contribution in [0, 0.1) is 22.7 Å². The molecule has 11 rings (SSSR count). The lowest BCUT2D eigenvalue weighted by atomic mass is 9.87. The number of fused-ring (bicyclic) bond motifs is 4. The lowest BCUT2D eigenvalue weighted by Crippen LogP contribution is -2.02. The van der Waals surface area contributed by atoms with Gasteiger partial charge in [-0.25, -0.2) is 9.97 Å². The quantitative estimate of drug-likeness (QED) is 0.166. The van der Waals surface area contributed by atoms with Crippen LogP contribution < -0.4 is 9.47 Å². The minimum absolute atomic E-state index is 0.548. The molecule has 62 heavy (non-hydrogen) atoms. The van der Waals surface area contributed by atoms with Gasteiger partial charge in [0.15, 0.2) is 28.8 Å². The van der Waals surface area contributed by atoms with Crippen molar-refractivity contribution in [2.75, 3.05) is 0 Å². The molecule has 0 radical (unpaired) electrons. The van der Waals surface area contributed by atoms with Crippen molar-refractivity contribution in [2.24, 2.45) is 0 Å². The molecule has 1 aromatic heterocycles. The topological polar surface area (TPSA) is 91.8 Å². The van der Waals surface area contributed by atoms with Crippen molar-refractivity contribution in [1.82, 2.24) is 9.97 Å². The second-order valence-corrected chi connectivity index (χ2v) is 15.1. The van der Waals surface area contributed by atoms with Crippen molar-refractivity contribution in [3.63, 3.8) is 0 Å². The van der Waals surface area contributed by atoms with Crippen LogP contribution in [0.1, 0.15) is 11.1 Å². The highest BCUT2D eigenvalue weighted by atomic mass is 16.6. The monoisotopic (exact) mass is 792 g/mol. The van der Waals surface area contributed by atoms with E-state index in [1.165, 1.54) is 0 Å². The van der Waals surface area contributed by atoms with E-state index in [0.717, 1.165) is 83.0 Å². The van der Waals surface area contributed by atoms with E-state index in [4.69, 9.17) is 19.4 Å². The average Bonchev–Trinajstić information content (AvgIpc) is 3.35. The van der Waals surface area contributed by atoms with Crippen LogP contribution in [0.4, 0.5) is 0 Å². The minimum Gasteiger partial charge on any atom is -0.449 e. The second-order valence-electron chi connectivity index (χ2n) is 15.1. The van der Waals surface area contributed by atoms with Crippen LogP contribution in [0.15, 0.2) is 194 Å². The Bertz CT molecular complexity index is 3480. The highest BCUT2D eigenvalue weighted by Gasteiger charge is 2.25. The summed E-state index contributed by atoms with van der Waals surface area (Å²) in [6, 6.07) is 69.1. The molecule has 6 nitrogen and oxygen atoms in total. The molecule has 0 atom stereocenters. The molecule has 0 bridgehead atoms. The van der Waals surface area contributed by atoms with Crippen LogP contribution in [-0.4, -0.2) is 9.97 Å². The van der Waals surface area contributed by atoms with E-state index in [0.29, 0.717) is 39.9 Å². The molecule has 0 saturated heterocycles. The van der Waals surface area contributed by atoms with Crippen LogP contribution in [0.5, 0.6) is 23.0 Å². The molecule has 10 aromatic rings. The summed E-state index contributed by atoms with van der Waals surface area (Å²) in [6.45, 7) is 0. The van der Waals surface area contributed by atoms with E-state index in [1.807, 2.05) is 158 Å². The molecule has 0 N–H and O–H groups in total. The smallest absolute Gasteiger partial charge is 0.170 e. The van der Waals surface area contributed by atoms with E-state index in [-0.39, 0.29) is 0 Å². The summed E-state index contributed by atoms with van der Waals surface area (Å²) in [7, 11) is 0. The van der Waals surface area contributed by atoms with Crippen LogP contribution in [0.2, 0.25) is 0 Å². The maximum absolute atomic E-state index is 10.0. The van der Waals surface area contributed by atoms with Crippen molar-refractivity contribution >= 4 is 21.5 Å². The Morgan fingerprint density at radius 1 is 0.323 bits per heavy atom. The first-order chi connectivity index (χ1) is 30.6. The number of benzene rings is 9. The molecule has 288 valence electrons. The number of aromatic nitrogens is 2. The van der Waals surface area contributed by atoms with Crippen LogP contribution >= 0.6 is 0 Å². The average molecular weight is 793 g/mol. The lowest BCUT2D eigenvalue weighted by molar-refractivity contribution is 0.360. The predicted molar refractivity (Wildman–Crippen MR) is 246 cm³/mol. The van der Waals surface area contributed by atoms with Gasteiger partial charge < -0.3 is 9.47 Å². The summed E-state index contributed by atoms with van der Waals surface area (Å²) in [5.74, 6) is 2.85. The van der Waals surface area contributed by atoms with Gasteiger partial charge in [-0.15, -0.1) is 0 Å². The summed E-state index contributed by atoms with van der Waals surface area (Å²) >= 11 is 0. The number of hydrogen-bond donors (Lipinski definition) is 0. The number of nitriles is 2. The summed E-state index contributed by atoms with van der Waals surface area (Å²) in [6.07, 6.45) is 0. The van der Waals surface area contributed by atoms with Crippen molar-refractivity contribution in [3.05, 3.63) is 205 Å². The zero-order valence-corrected chi connectivity index (χ0v) is 33.1. The zero-order valence-electron chi connectivity index (χ0n) is 33.1. The first-order valence-electron chi connectivity index (χ1n) is 20.2. The van der Waals surface area contributed by atoms with E-state index < -0.39 is 0 Å². The number of nitrogens with zero attached hydrogens (tertiary/aromatic N) is 4. The van der Waals surface area contributed by atoms with E-state index >= 15 is 0 Å². The molecule has 0 amide bonds. The Labute approximate surface area is 357 Å². The first kappa shape index (κ1) is 36.3. The van der Waals surface area contributed by atoms with Crippen LogP contribution in [0.3, 0.4) is 0 Å². The molecular formula is C56H32N4O2. The maximum atomic E-state index is 10.0. The standard InChI is InChI=1S/C56H32N4O2/c57-33-40-23-26-46(44-17-9-7-15-42(40)44)48-30-54-55(31-49(48)47-27-24-41(34-58)43-16-8-10-18-45(43)47)62-53-29-39(25-28-52(53)61-54)51-32-50(59-56(60-51)38-13-5-2-6-14-38)37-21-19-36(20-22-37)35-11-3-1-4-12-35/h1-32H. The van der Waals surface area contributed by atoms with Gasteiger partial charge in [0.05, 0.1) is 34.7 Å². The van der Waals surface area contributed by atoms with Gasteiger partial charge in [0.25, 0.3) is 0 Å². The third-order valence-electron chi connectivity index (χ3n) is 11.5. The minimum atomic E-state index is 0.548. The molecule has 0 saturated carbocycles. The fourth-order valence-corrected chi connectivity index (χ4v) is 8.42. The Kier molecular flexibility index (Phi) is 8.82. The van der Waals surface area contributed by atoms with Crippen molar-refractivity contribution in [1.29, 1.82) is 10.5 Å². The van der Waals surface area contributed by atoms with Crippen molar-refractivity contribution in [2.45, 2.75) is 0 Å². The van der Waals surface area contributed by atoms with Gasteiger partial charge >= 0.3 is 0 Å². The highest BCUT2D eigenvalue weighted by molar-refractivity contribution is 6.08. The Morgan fingerprint density at radius 3 is 1.32 bits per heavy atom. The molecule has 0 spiro atoms. The fraction of sp³-hybridized carbons (Fsp3) is 0. The number of rotatable bonds is 6. The molecule has 6 heteroatoms. The van der Waals surface area contributed by atoms with Crippen LogP contribution in [0.25, 0.3) is 88.8 Å². The van der Waals surface area contributed by atoms with Gasteiger partial charge in [0, 0.05) is 27.5 Å². The van der Waals surface area contributed by atoms with Crippen molar-refractivity contribution in [3.8, 4) is 102 Å². The van der Waals surface area contributed by atoms with Gasteiger partial charge in [-0.1, -0.05) is 146 Å². The SMILES string of the molecule is N#Cc1ccc(-c2cc3c(cc2-c2ccc(C#N)c4ccccc24)Oc2cc(-c4cc(-c5ccc(-c6ccccc6)cc5)nc(-c5ccccc5)n4)ccc2O3)c2ccccc12. The van der Waals surface area contributed by atoms with E-state index in [9.17, 15) is 10.5 Å². The summed E-state index contributed by atoms with van der Waals surface area (Å²) in [5.41, 5.74) is 11.4. The second kappa shape index (κ2) is 15.1. The van der Waals surface area contributed by atoms with E-state index in [1.54, 1.807) is 0 Å². The third-order valence-corrected chi connectivity index (χ3v) is 11.5. The van der Waals surface area contributed by atoms with Crippen LogP contribution in [-0.2, 0) is 0 Å². The number of hydrogen-bond acceptors (Lipinski definition) is 6. The van der Waals surface area contributed by atoms with Crippen molar-refractivity contribution < 1.29 is 9.47 Å². The summed E-state index contributed by atoms with van der Waals surface area (Å²) < 4.78 is 13.5.